The fourth-order valence-electron chi connectivity index (χ4n) is 0.223. The molecule has 1 rings (SSSR count). The van der Waals surface area contributed by atoms with Crippen molar-refractivity contribution in [3.8, 4) is 0 Å². The first-order valence-corrected chi connectivity index (χ1v) is 4.07. The molecule has 0 saturated carbocycles. The molecule has 1 N–H and O–H groups in total. The van der Waals surface area contributed by atoms with Gasteiger partial charge in [-0.1, -0.05) is 0 Å². The van der Waals surface area contributed by atoms with Crippen LogP contribution in [0.2, 0.25) is 10.6 Å². The first-order chi connectivity index (χ1) is 2.39. The Morgan fingerprint density at radius 2 is 2.00 bits per heavy atom. The second-order valence-corrected chi connectivity index (χ2v) is 3.45. The average molecular weight is 137 g/mol. The van der Waals surface area contributed by atoms with Gasteiger partial charge < -0.3 is 0 Å². The van der Waals surface area contributed by atoms with E-state index in [-0.39, 0.29) is 6.10 Å². The van der Waals surface area contributed by atoms with Gasteiger partial charge in [0, 0.05) is 0 Å². The van der Waals surface area contributed by atoms with Crippen LogP contribution in [0.25, 0.3) is 0 Å². The van der Waals surface area contributed by atoms with Crippen LogP contribution in [0.5, 0.6) is 0 Å². The minimum absolute atomic E-state index is 0.0926. The van der Waals surface area contributed by atoms with Crippen molar-refractivity contribution in [1.82, 2.24) is 0 Å². The summed E-state index contributed by atoms with van der Waals surface area (Å²) in [5.41, 5.74) is 0. The molecule has 1 aliphatic heterocycles. The fourth-order valence-corrected chi connectivity index (χ4v) is 1.16. The van der Waals surface area contributed by atoms with Crippen LogP contribution < -0.4 is 0 Å². The van der Waals surface area contributed by atoms with E-state index < -0.39 is 0 Å². The first-order valence-electron chi connectivity index (χ1n) is 1.65. The summed E-state index contributed by atoms with van der Waals surface area (Å²) in [6.45, 7) is 0. The van der Waals surface area contributed by atoms with Crippen molar-refractivity contribution in [2.24, 2.45) is 0 Å². The maximum absolute atomic E-state index is 8.46. The molecule has 5 heavy (non-hydrogen) atoms. The van der Waals surface area contributed by atoms with E-state index in [1.165, 1.54) is 0 Å². The van der Waals surface area contributed by atoms with E-state index in [4.69, 9.17) is 5.11 Å². The van der Waals surface area contributed by atoms with Crippen molar-refractivity contribution in [3.63, 3.8) is 0 Å². The summed E-state index contributed by atoms with van der Waals surface area (Å²) < 4.78 is 0. The van der Waals surface area contributed by atoms with Gasteiger partial charge in [-0.2, -0.15) is 0 Å². The van der Waals surface area contributed by atoms with E-state index in [0.717, 1.165) is 25.6 Å². The van der Waals surface area contributed by atoms with Gasteiger partial charge in [0.05, 0.1) is 0 Å². The summed E-state index contributed by atoms with van der Waals surface area (Å²) in [6.07, 6.45) is 0.0926. The molecule has 1 saturated heterocycles. The molecule has 0 unspecified atom stereocenters. The molecule has 0 aromatic carbocycles. The average Bonchev–Trinajstić information content (AvgIpc) is 1.30. The van der Waals surface area contributed by atoms with Crippen LogP contribution in [-0.2, 0) is 0 Å². The molecule has 0 amide bonds. The molecule has 30 valence electrons. The Morgan fingerprint density at radius 3 is 2.00 bits per heavy atom. The van der Waals surface area contributed by atoms with Gasteiger partial charge >= 0.3 is 36.8 Å². The molecule has 1 heterocycles. The zero-order valence-electron chi connectivity index (χ0n) is 2.85. The number of aliphatic hydroxyl groups is 1. The van der Waals surface area contributed by atoms with Crippen LogP contribution in [0.15, 0.2) is 0 Å². The van der Waals surface area contributed by atoms with Gasteiger partial charge in [0.1, 0.15) is 0 Å². The van der Waals surface area contributed by atoms with Crippen LogP contribution >= 0.6 is 0 Å². The number of hydrogen-bond donors (Lipinski definition) is 1. The minimum atomic E-state index is 0.0926. The van der Waals surface area contributed by atoms with Crippen molar-refractivity contribution in [2.75, 3.05) is 0 Å². The number of hydrogen-bond acceptors (Lipinski definition) is 1. The molecule has 1 aliphatic rings. The Morgan fingerprint density at radius 1 is 1.60 bits per heavy atom. The molecule has 2 heteroatoms. The topological polar surface area (TPSA) is 20.2 Å². The van der Waals surface area contributed by atoms with E-state index in [1.54, 1.807) is 0 Å². The normalized spacial score (nSPS) is 25.8. The molecule has 0 aromatic heterocycles. The summed E-state index contributed by atoms with van der Waals surface area (Å²) >= 11 is 0.819. The van der Waals surface area contributed by atoms with Gasteiger partial charge in [0.15, 0.2) is 0 Å². The third-order valence-electron chi connectivity index (χ3n) is 0.620. The van der Waals surface area contributed by atoms with Crippen LogP contribution in [-0.4, -0.2) is 26.2 Å². The van der Waals surface area contributed by atoms with E-state index in [1.807, 2.05) is 0 Å². The van der Waals surface area contributed by atoms with Crippen LogP contribution in [0, 0.1) is 0 Å². The summed E-state index contributed by atoms with van der Waals surface area (Å²) in [5, 5.41) is 10.7. The monoisotopic (exact) mass is 138 g/mol. The first kappa shape index (κ1) is 3.66. The summed E-state index contributed by atoms with van der Waals surface area (Å²) in [4.78, 5) is 0. The van der Waals surface area contributed by atoms with Gasteiger partial charge in [0.25, 0.3) is 0 Å². The number of rotatable bonds is 0. The van der Waals surface area contributed by atoms with E-state index in [0.29, 0.717) is 0 Å². The zero-order valence-corrected chi connectivity index (χ0v) is 4.56. The fraction of sp³-hybridized carbons (Fsp3) is 1.00. The molecular weight excluding hydrogens is 131 g/mol. The van der Waals surface area contributed by atoms with E-state index in [9.17, 15) is 0 Å². The third kappa shape index (κ3) is 0.656. The van der Waals surface area contributed by atoms with E-state index in [2.05, 4.69) is 0 Å². The summed E-state index contributed by atoms with van der Waals surface area (Å²) in [7, 11) is 0. The van der Waals surface area contributed by atoms with Crippen molar-refractivity contribution >= 4 is 15.0 Å². The zero-order chi connectivity index (χ0) is 3.70. The Labute approximate surface area is 37.5 Å². The maximum atomic E-state index is 8.46. The quantitative estimate of drug-likeness (QED) is 0.462. The molecule has 0 aromatic rings. The Balaban J connectivity index is 2.08. The van der Waals surface area contributed by atoms with Gasteiger partial charge in [0.2, 0.25) is 0 Å². The second kappa shape index (κ2) is 1.29. The standard InChI is InChI=1S/C3H6OSe/c4-3-1-5-2-3/h3-4H,1-2H2. The molecule has 1 nitrogen and oxygen atoms in total. The Bertz CT molecular complexity index is 33.9. The van der Waals surface area contributed by atoms with E-state index >= 15 is 0 Å². The number of aliphatic hydroxyl groups excluding tert-OH is 1. The van der Waals surface area contributed by atoms with Crippen LogP contribution in [0.4, 0.5) is 0 Å². The Hall–Kier alpha value is 0.479. The predicted molar refractivity (Wildman–Crippen MR) is 21.4 cm³/mol. The predicted octanol–water partition coefficient (Wildman–Crippen LogP) is -0.0983. The SMILES string of the molecule is OC1C[Se]C1. The van der Waals surface area contributed by atoms with Crippen molar-refractivity contribution < 1.29 is 5.11 Å². The van der Waals surface area contributed by atoms with Gasteiger partial charge in [-0.15, -0.1) is 0 Å². The molecule has 0 bridgehead atoms. The van der Waals surface area contributed by atoms with Crippen LogP contribution in [0.3, 0.4) is 0 Å². The summed E-state index contributed by atoms with van der Waals surface area (Å²) in [6, 6.07) is 0. The summed E-state index contributed by atoms with van der Waals surface area (Å²) in [5.74, 6) is 0. The Kier molecular flexibility index (Phi) is 0.946. The molecule has 0 atom stereocenters. The molecule has 0 aliphatic carbocycles. The van der Waals surface area contributed by atoms with Crippen molar-refractivity contribution in [2.45, 2.75) is 16.7 Å². The van der Waals surface area contributed by atoms with Gasteiger partial charge in [-0.25, -0.2) is 0 Å². The van der Waals surface area contributed by atoms with Crippen molar-refractivity contribution in [3.05, 3.63) is 0 Å². The molecule has 0 spiro atoms. The van der Waals surface area contributed by atoms with Gasteiger partial charge in [-0.3, -0.25) is 0 Å². The third-order valence-corrected chi connectivity index (χ3v) is 3.22. The van der Waals surface area contributed by atoms with Crippen LogP contribution in [0.1, 0.15) is 0 Å². The second-order valence-electron chi connectivity index (χ2n) is 1.19. The molecular formula is C3H6OSe. The van der Waals surface area contributed by atoms with Gasteiger partial charge in [-0.05, 0) is 0 Å². The molecule has 0 radical (unpaired) electrons. The van der Waals surface area contributed by atoms with Crippen molar-refractivity contribution in [1.29, 1.82) is 0 Å². The molecule has 1 fully saturated rings.